The van der Waals surface area contributed by atoms with Crippen molar-refractivity contribution in [3.8, 4) is 28.7 Å². The molecule has 0 saturated carbocycles. The van der Waals surface area contributed by atoms with Crippen molar-refractivity contribution in [2.75, 3.05) is 34.6 Å². The number of ether oxygens (including phenoxy) is 5. The van der Waals surface area contributed by atoms with Crippen LogP contribution in [0, 0.1) is 6.92 Å². The molecule has 192 valence electrons. The second-order valence-electron chi connectivity index (χ2n) is 9.14. The molecule has 0 aromatic heterocycles. The molecule has 0 fully saturated rings. The summed E-state index contributed by atoms with van der Waals surface area (Å²) in [5, 5.41) is 0. The number of nitrogens with zero attached hydrogens (tertiary/aromatic N) is 1. The van der Waals surface area contributed by atoms with Gasteiger partial charge >= 0.3 is 0 Å². The first-order chi connectivity index (χ1) is 18.0. The van der Waals surface area contributed by atoms with Gasteiger partial charge in [-0.15, -0.1) is 0 Å². The minimum atomic E-state index is -0.168. The number of carbonyl (C=O) groups is 1. The van der Waals surface area contributed by atoms with E-state index in [1.165, 1.54) is 5.56 Å². The summed E-state index contributed by atoms with van der Waals surface area (Å²) in [6, 6.07) is 16.0. The number of carbonyl (C=O) groups excluding carboxylic acids is 1. The van der Waals surface area contributed by atoms with E-state index >= 15 is 0 Å². The molecular weight excluding hydrogens is 470 g/mol. The second-order valence-corrected chi connectivity index (χ2v) is 9.14. The van der Waals surface area contributed by atoms with Crippen molar-refractivity contribution in [2.24, 2.45) is 0 Å². The Morgan fingerprint density at radius 1 is 0.973 bits per heavy atom. The zero-order chi connectivity index (χ0) is 25.9. The average molecular weight is 502 g/mol. The van der Waals surface area contributed by atoms with Crippen molar-refractivity contribution in [1.82, 2.24) is 4.90 Å². The smallest absolute Gasteiger partial charge is 0.231 e. The Morgan fingerprint density at radius 3 is 2.49 bits per heavy atom. The lowest BCUT2D eigenvalue weighted by atomic mass is 9.99. The van der Waals surface area contributed by atoms with Gasteiger partial charge in [0.15, 0.2) is 17.3 Å². The minimum absolute atomic E-state index is 0.168. The highest BCUT2D eigenvalue weighted by molar-refractivity contribution is 6.15. The third kappa shape index (κ3) is 4.74. The normalized spacial score (nSPS) is 15.6. The predicted molar refractivity (Wildman–Crippen MR) is 141 cm³/mol. The van der Waals surface area contributed by atoms with Crippen LogP contribution < -0.4 is 23.7 Å². The van der Waals surface area contributed by atoms with E-state index in [0.717, 1.165) is 42.8 Å². The van der Waals surface area contributed by atoms with Gasteiger partial charge in [0.25, 0.3) is 0 Å². The highest BCUT2D eigenvalue weighted by Gasteiger charge is 2.34. The fourth-order valence-electron chi connectivity index (χ4n) is 4.97. The van der Waals surface area contributed by atoms with Gasteiger partial charge in [-0.1, -0.05) is 30.3 Å². The standard InChI is InChI=1S/C30H31NO6/c1-19-27-22(17-31(18-36-27)14-8-11-20-9-6-5-7-10-20)15-23-26(32)25(37-28(19)23)16-21-12-13-24(33-2)30(35-4)29(21)34-3/h5-7,9-10,12-13,15-16H,8,11,14,17-18H2,1-4H3/b25-16-. The van der Waals surface area contributed by atoms with E-state index in [1.54, 1.807) is 39.5 Å². The molecule has 2 aliphatic rings. The molecule has 0 bridgehead atoms. The summed E-state index contributed by atoms with van der Waals surface area (Å²) in [6.45, 7) is 4.10. The summed E-state index contributed by atoms with van der Waals surface area (Å²) in [6.07, 6.45) is 3.74. The maximum atomic E-state index is 13.4. The maximum absolute atomic E-state index is 13.4. The van der Waals surface area contributed by atoms with E-state index in [1.807, 2.05) is 19.1 Å². The molecule has 0 amide bonds. The van der Waals surface area contributed by atoms with Crippen LogP contribution in [0.15, 0.2) is 54.3 Å². The Bertz CT molecular complexity index is 1350. The quantitative estimate of drug-likeness (QED) is 0.382. The van der Waals surface area contributed by atoms with E-state index < -0.39 is 0 Å². The zero-order valence-corrected chi connectivity index (χ0v) is 21.6. The highest BCUT2D eigenvalue weighted by Crippen LogP contribution is 2.45. The van der Waals surface area contributed by atoms with Crippen LogP contribution in [-0.4, -0.2) is 45.3 Å². The van der Waals surface area contributed by atoms with Crippen molar-refractivity contribution in [2.45, 2.75) is 26.3 Å². The fraction of sp³-hybridized carbons (Fsp3) is 0.300. The molecule has 7 heteroatoms. The van der Waals surface area contributed by atoms with Crippen LogP contribution in [0.4, 0.5) is 0 Å². The van der Waals surface area contributed by atoms with Gasteiger partial charge in [-0.3, -0.25) is 9.69 Å². The SMILES string of the molecule is COc1ccc(/C=C2\Oc3c(cc4c(c3C)OCN(CCCc3ccccc3)C4)C2=O)c(OC)c1OC. The number of allylic oxidation sites excluding steroid dienone is 1. The predicted octanol–water partition coefficient (Wildman–Crippen LogP) is 5.42. The highest BCUT2D eigenvalue weighted by atomic mass is 16.5. The number of aryl methyl sites for hydroxylation is 1. The molecule has 37 heavy (non-hydrogen) atoms. The molecule has 2 heterocycles. The lowest BCUT2D eigenvalue weighted by molar-refractivity contribution is 0.0932. The largest absolute Gasteiger partial charge is 0.493 e. The van der Waals surface area contributed by atoms with Crippen molar-refractivity contribution in [3.63, 3.8) is 0 Å². The first-order valence-electron chi connectivity index (χ1n) is 12.3. The monoisotopic (exact) mass is 501 g/mol. The van der Waals surface area contributed by atoms with Gasteiger partial charge in [0, 0.05) is 29.8 Å². The third-order valence-electron chi connectivity index (χ3n) is 6.81. The topological polar surface area (TPSA) is 66.5 Å². The summed E-state index contributed by atoms with van der Waals surface area (Å²) >= 11 is 0. The summed E-state index contributed by atoms with van der Waals surface area (Å²) in [5.41, 5.74) is 4.38. The van der Waals surface area contributed by atoms with Crippen LogP contribution in [0.3, 0.4) is 0 Å². The molecule has 0 saturated heterocycles. The van der Waals surface area contributed by atoms with E-state index in [-0.39, 0.29) is 11.5 Å². The number of Topliss-reactive ketones (excluding diaryl/α,β-unsaturated/α-hetero) is 1. The van der Waals surface area contributed by atoms with Gasteiger partial charge < -0.3 is 23.7 Å². The van der Waals surface area contributed by atoms with Crippen LogP contribution >= 0.6 is 0 Å². The van der Waals surface area contributed by atoms with Gasteiger partial charge in [-0.25, -0.2) is 0 Å². The van der Waals surface area contributed by atoms with Crippen LogP contribution in [0.2, 0.25) is 0 Å². The summed E-state index contributed by atoms with van der Waals surface area (Å²) in [7, 11) is 4.66. The van der Waals surface area contributed by atoms with E-state index in [2.05, 4.69) is 29.2 Å². The number of methoxy groups -OCH3 is 3. The molecule has 0 N–H and O–H groups in total. The van der Waals surface area contributed by atoms with Gasteiger partial charge in [0.1, 0.15) is 18.2 Å². The van der Waals surface area contributed by atoms with Crippen molar-refractivity contribution < 1.29 is 28.5 Å². The van der Waals surface area contributed by atoms with Gasteiger partial charge in [-0.05, 0) is 49.6 Å². The summed E-state index contributed by atoms with van der Waals surface area (Å²) < 4.78 is 28.6. The fourth-order valence-corrected chi connectivity index (χ4v) is 4.97. The molecule has 0 atom stereocenters. The molecule has 0 aliphatic carbocycles. The summed E-state index contributed by atoms with van der Waals surface area (Å²) in [4.78, 5) is 15.6. The van der Waals surface area contributed by atoms with Crippen molar-refractivity contribution >= 4 is 11.9 Å². The molecule has 0 spiro atoms. The number of benzene rings is 3. The van der Waals surface area contributed by atoms with Crippen molar-refractivity contribution in [1.29, 1.82) is 0 Å². The molecule has 5 rings (SSSR count). The molecular formula is C30H31NO6. The lowest BCUT2D eigenvalue weighted by Crippen LogP contribution is -2.33. The molecule has 2 aliphatic heterocycles. The maximum Gasteiger partial charge on any atom is 0.231 e. The Hall–Kier alpha value is -3.97. The number of rotatable bonds is 8. The number of ketones is 1. The van der Waals surface area contributed by atoms with Crippen LogP contribution in [0.5, 0.6) is 28.7 Å². The van der Waals surface area contributed by atoms with E-state index in [9.17, 15) is 4.79 Å². The Kier molecular flexibility index (Phi) is 7.06. The lowest BCUT2D eigenvalue weighted by Gasteiger charge is -2.30. The molecule has 7 nitrogen and oxygen atoms in total. The average Bonchev–Trinajstić information content (AvgIpc) is 3.24. The molecule has 3 aromatic rings. The third-order valence-corrected chi connectivity index (χ3v) is 6.81. The number of hydrogen-bond donors (Lipinski definition) is 0. The van der Waals surface area contributed by atoms with Gasteiger partial charge in [0.05, 0.1) is 26.9 Å². The Morgan fingerprint density at radius 2 is 1.76 bits per heavy atom. The first-order valence-corrected chi connectivity index (χ1v) is 12.3. The molecule has 0 radical (unpaired) electrons. The summed E-state index contributed by atoms with van der Waals surface area (Å²) in [5.74, 6) is 2.87. The molecule has 0 unspecified atom stereocenters. The van der Waals surface area contributed by atoms with Gasteiger partial charge in [0.2, 0.25) is 11.5 Å². The Balaban J connectivity index is 1.36. The number of hydrogen-bond acceptors (Lipinski definition) is 7. The van der Waals surface area contributed by atoms with Crippen LogP contribution in [0.25, 0.3) is 6.08 Å². The van der Waals surface area contributed by atoms with Gasteiger partial charge in [-0.2, -0.15) is 0 Å². The molecule has 3 aromatic carbocycles. The van der Waals surface area contributed by atoms with E-state index in [4.69, 9.17) is 23.7 Å². The van der Waals surface area contributed by atoms with Crippen LogP contribution in [-0.2, 0) is 13.0 Å². The van der Waals surface area contributed by atoms with Crippen molar-refractivity contribution in [3.05, 3.63) is 82.1 Å². The Labute approximate surface area is 217 Å². The minimum Gasteiger partial charge on any atom is -0.493 e. The zero-order valence-electron chi connectivity index (χ0n) is 21.6. The van der Waals surface area contributed by atoms with Crippen LogP contribution in [0.1, 0.15) is 39.0 Å². The number of fused-ring (bicyclic) bond motifs is 2. The van der Waals surface area contributed by atoms with E-state index in [0.29, 0.717) is 40.9 Å². The second kappa shape index (κ2) is 10.6. The first kappa shape index (κ1) is 24.7.